The minimum Gasteiger partial charge on any atom is -0.382 e. The van der Waals surface area contributed by atoms with E-state index >= 15 is 0 Å². The van der Waals surface area contributed by atoms with Gasteiger partial charge < -0.3 is 20.3 Å². The number of thioether (sulfide) groups is 1. The third-order valence-electron chi connectivity index (χ3n) is 6.93. The Kier molecular flexibility index (Phi) is 7.30. The second kappa shape index (κ2) is 11.7. The smallest absolute Gasteiger partial charge is 0.183 e. The highest BCUT2D eigenvalue weighted by molar-refractivity contribution is 7.98. The number of nitrogens with two attached hydrogens (primary N) is 1. The first-order valence-corrected chi connectivity index (χ1v) is 15.6. The van der Waals surface area contributed by atoms with Gasteiger partial charge in [-0.1, -0.05) is 60.7 Å². The van der Waals surface area contributed by atoms with E-state index in [9.17, 15) is 0 Å². The molecule has 0 aliphatic heterocycles. The predicted octanol–water partition coefficient (Wildman–Crippen LogP) is 6.47. The van der Waals surface area contributed by atoms with Crippen LogP contribution < -0.4 is 5.73 Å². The summed E-state index contributed by atoms with van der Waals surface area (Å²) in [5.74, 6) is 1.01. The van der Waals surface area contributed by atoms with Gasteiger partial charge in [-0.15, -0.1) is 23.1 Å². The van der Waals surface area contributed by atoms with Gasteiger partial charge in [0.15, 0.2) is 17.3 Å². The summed E-state index contributed by atoms with van der Waals surface area (Å²) in [6, 6.07) is 22.3. The van der Waals surface area contributed by atoms with Gasteiger partial charge in [-0.3, -0.25) is 0 Å². The fourth-order valence-electron chi connectivity index (χ4n) is 4.88. The molecule has 44 heavy (non-hydrogen) atoms. The monoisotopic (exact) mass is 615 g/mol. The summed E-state index contributed by atoms with van der Waals surface area (Å²) in [5.41, 5.74) is 13.8. The molecular weight excluding hydrogens is 591 g/mol. The fourth-order valence-corrected chi connectivity index (χ4v) is 6.78. The van der Waals surface area contributed by atoms with Crippen LogP contribution in [-0.4, -0.2) is 55.7 Å². The maximum Gasteiger partial charge on any atom is 0.183 e. The maximum absolute atomic E-state index is 5.82. The number of benzene rings is 2. The molecule has 0 aliphatic rings. The minimum atomic E-state index is 0.375. The number of rotatable bonds is 5. The molecule has 0 bridgehead atoms. The molecule has 8 aromatic rings. The van der Waals surface area contributed by atoms with Crippen molar-refractivity contribution in [3.63, 3.8) is 0 Å². The molecule has 0 fully saturated rings. The van der Waals surface area contributed by atoms with Crippen LogP contribution in [0.3, 0.4) is 0 Å². The Bertz CT molecular complexity index is 2200. The first kappa shape index (κ1) is 27.4. The van der Waals surface area contributed by atoms with Gasteiger partial charge in [0, 0.05) is 18.2 Å². The molecule has 6 aromatic heterocycles. The third kappa shape index (κ3) is 5.08. The number of fused-ring (bicyclic) bond motifs is 2. The summed E-state index contributed by atoms with van der Waals surface area (Å²) in [6.45, 7) is 0. The zero-order chi connectivity index (χ0) is 30.0. The van der Waals surface area contributed by atoms with Gasteiger partial charge in [0.2, 0.25) is 0 Å². The molecule has 0 unspecified atom stereocenters. The highest BCUT2D eigenvalue weighted by Gasteiger charge is 2.18. The van der Waals surface area contributed by atoms with Gasteiger partial charge in [0.1, 0.15) is 28.9 Å². The number of nitrogens with one attached hydrogen (secondary N) is 2. The molecule has 0 amide bonds. The molecule has 0 aliphatic carbocycles. The number of thiophene rings is 1. The Morgan fingerprint density at radius 1 is 0.841 bits per heavy atom. The Balaban J connectivity index is 0.000000143. The first-order valence-electron chi connectivity index (χ1n) is 13.5. The van der Waals surface area contributed by atoms with Crippen LogP contribution in [0, 0.1) is 0 Å². The number of hydrogen-bond acceptors (Lipinski definition) is 10. The van der Waals surface area contributed by atoms with Crippen LogP contribution in [0.5, 0.6) is 0 Å². The largest absolute Gasteiger partial charge is 0.382 e. The highest BCUT2D eigenvalue weighted by Crippen LogP contribution is 2.39. The van der Waals surface area contributed by atoms with Crippen molar-refractivity contribution in [2.24, 2.45) is 7.05 Å². The Morgan fingerprint density at radius 3 is 2.30 bits per heavy atom. The standard InChI is InChI=1S/C17H14N4S2.C14H11N7/c1-21-10-20-14(11-6-4-3-5-7-11)15(21)13-8-12-16(23-13)17(22-2)19-9-18-12;15-12-11-13(19-7-18-12)21-14(20-11)10-9(16-6-17-10)8-4-2-1-3-5-8/h3-10H,1-2H3;1-7H,(H,16,17)(H3,15,18,19,20,21). The molecule has 0 radical (unpaired) electrons. The van der Waals surface area contributed by atoms with E-state index in [0.29, 0.717) is 22.8 Å². The SMILES string of the molecule is CSc1ncnc2cc(-c3c(-c4ccccc4)ncn3C)sc12.Nc1ncnc2nc(-c3[nH]cnc3-c3ccccc3)[nH]c12. The number of H-pyrrole nitrogens is 2. The van der Waals surface area contributed by atoms with E-state index in [4.69, 9.17) is 5.73 Å². The molecule has 8 rings (SSSR count). The van der Waals surface area contributed by atoms with Crippen LogP contribution >= 0.6 is 23.1 Å². The Labute approximate surface area is 259 Å². The fraction of sp³-hybridized carbons (Fsp3) is 0.0645. The van der Waals surface area contributed by atoms with Crippen LogP contribution in [0.25, 0.3) is 66.0 Å². The van der Waals surface area contributed by atoms with Crippen LogP contribution in [0.15, 0.2) is 97.1 Å². The Hall–Kier alpha value is -5.40. The van der Waals surface area contributed by atoms with Crippen molar-refractivity contribution in [1.29, 1.82) is 0 Å². The van der Waals surface area contributed by atoms with E-state index in [0.717, 1.165) is 54.0 Å². The summed E-state index contributed by atoms with van der Waals surface area (Å²) in [5, 5.41) is 1.02. The van der Waals surface area contributed by atoms with Gasteiger partial charge in [0.25, 0.3) is 0 Å². The third-order valence-corrected chi connectivity index (χ3v) is 8.89. The second-order valence-corrected chi connectivity index (χ2v) is 11.5. The zero-order valence-electron chi connectivity index (χ0n) is 23.6. The normalized spacial score (nSPS) is 11.1. The molecule has 4 N–H and O–H groups in total. The molecule has 0 atom stereocenters. The molecule has 13 heteroatoms. The van der Waals surface area contributed by atoms with Gasteiger partial charge in [0.05, 0.1) is 44.8 Å². The van der Waals surface area contributed by atoms with Gasteiger partial charge in [-0.2, -0.15) is 0 Å². The zero-order valence-corrected chi connectivity index (χ0v) is 25.3. The first-order chi connectivity index (χ1) is 21.6. The average molecular weight is 616 g/mol. The molecule has 11 nitrogen and oxygen atoms in total. The highest BCUT2D eigenvalue weighted by atomic mass is 32.2. The summed E-state index contributed by atoms with van der Waals surface area (Å²) in [6.07, 6.45) is 8.57. The number of hydrogen-bond donors (Lipinski definition) is 3. The number of nitrogen functional groups attached to an aromatic ring is 1. The molecule has 216 valence electrons. The molecule has 2 aromatic carbocycles. The van der Waals surface area contributed by atoms with Crippen LogP contribution in [0.2, 0.25) is 0 Å². The van der Waals surface area contributed by atoms with Crippen molar-refractivity contribution in [2.75, 3.05) is 12.0 Å². The number of anilines is 1. The number of aromatic amines is 2. The Morgan fingerprint density at radius 2 is 1.57 bits per heavy atom. The number of imidazole rings is 3. The van der Waals surface area contributed by atoms with E-state index < -0.39 is 0 Å². The number of nitrogens with zero attached hydrogens (tertiary/aromatic N) is 8. The van der Waals surface area contributed by atoms with Gasteiger partial charge in [-0.05, 0) is 12.3 Å². The number of aromatic nitrogens is 10. The van der Waals surface area contributed by atoms with Crippen molar-refractivity contribution in [3.8, 4) is 44.6 Å². The van der Waals surface area contributed by atoms with Crippen LogP contribution in [0.1, 0.15) is 0 Å². The topological polar surface area (TPSA) is 153 Å². The average Bonchev–Trinajstić information content (AvgIpc) is 3.87. The van der Waals surface area contributed by atoms with Gasteiger partial charge >= 0.3 is 0 Å². The molecular formula is C31H25N11S2. The van der Waals surface area contributed by atoms with Crippen molar-refractivity contribution in [3.05, 3.63) is 92.0 Å². The summed E-state index contributed by atoms with van der Waals surface area (Å²) in [7, 11) is 2.03. The van der Waals surface area contributed by atoms with E-state index in [2.05, 4.69) is 67.6 Å². The van der Waals surface area contributed by atoms with Crippen LogP contribution in [0.4, 0.5) is 5.82 Å². The van der Waals surface area contributed by atoms with Crippen molar-refractivity contribution < 1.29 is 0 Å². The maximum atomic E-state index is 5.82. The summed E-state index contributed by atoms with van der Waals surface area (Å²) >= 11 is 3.37. The minimum absolute atomic E-state index is 0.375. The molecule has 6 heterocycles. The summed E-state index contributed by atoms with van der Waals surface area (Å²) < 4.78 is 3.20. The lowest BCUT2D eigenvalue weighted by Crippen LogP contribution is -1.91. The lowest BCUT2D eigenvalue weighted by molar-refractivity contribution is 0.923. The second-order valence-electron chi connectivity index (χ2n) is 9.66. The van der Waals surface area contributed by atoms with Crippen molar-refractivity contribution in [1.82, 2.24) is 49.4 Å². The van der Waals surface area contributed by atoms with E-state index in [1.807, 2.05) is 68.2 Å². The number of aryl methyl sites for hydroxylation is 1. The quantitative estimate of drug-likeness (QED) is 0.146. The molecule has 0 saturated heterocycles. The summed E-state index contributed by atoms with van der Waals surface area (Å²) in [4.78, 5) is 37.7. The molecule has 0 saturated carbocycles. The predicted molar refractivity (Wildman–Crippen MR) is 176 cm³/mol. The molecule has 0 spiro atoms. The van der Waals surface area contributed by atoms with Crippen LogP contribution in [-0.2, 0) is 7.05 Å². The van der Waals surface area contributed by atoms with E-state index in [-0.39, 0.29) is 0 Å². The van der Waals surface area contributed by atoms with Crippen molar-refractivity contribution >= 4 is 50.3 Å². The van der Waals surface area contributed by atoms with E-state index in [1.165, 1.54) is 6.33 Å². The lowest BCUT2D eigenvalue weighted by atomic mass is 10.1. The van der Waals surface area contributed by atoms with Gasteiger partial charge in [-0.25, -0.2) is 34.9 Å². The van der Waals surface area contributed by atoms with E-state index in [1.54, 1.807) is 35.8 Å². The lowest BCUT2D eigenvalue weighted by Gasteiger charge is -2.03. The van der Waals surface area contributed by atoms with Crippen molar-refractivity contribution in [2.45, 2.75) is 5.03 Å².